The van der Waals surface area contributed by atoms with E-state index in [0.29, 0.717) is 10.9 Å². The zero-order valence-electron chi connectivity index (χ0n) is 17.5. The number of aryl methyl sites for hydroxylation is 1. The van der Waals surface area contributed by atoms with Crippen molar-refractivity contribution in [3.63, 3.8) is 0 Å². The van der Waals surface area contributed by atoms with Gasteiger partial charge in [0.15, 0.2) is 5.11 Å². The van der Waals surface area contributed by atoms with Crippen LogP contribution < -0.4 is 5.32 Å². The highest BCUT2D eigenvalue weighted by molar-refractivity contribution is 7.80. The number of thiocarbonyl (C=S) groups is 1. The van der Waals surface area contributed by atoms with Crippen molar-refractivity contribution < 1.29 is 14.3 Å². The number of nitrogens with one attached hydrogen (secondary N) is 1. The van der Waals surface area contributed by atoms with E-state index >= 15 is 0 Å². The molecule has 2 aromatic heterocycles. The summed E-state index contributed by atoms with van der Waals surface area (Å²) in [6.07, 6.45) is 3.88. The third-order valence-corrected chi connectivity index (χ3v) is 5.96. The van der Waals surface area contributed by atoms with E-state index in [9.17, 15) is 9.90 Å². The SMILES string of the molecule is CCCCN1C(=S)N[C@@H](c2ccccn2)[C@@H]1c1ccc(-c2ccc(C(=O)O)cc2C)o1. The maximum Gasteiger partial charge on any atom is 0.335 e. The van der Waals surface area contributed by atoms with Crippen molar-refractivity contribution in [1.29, 1.82) is 0 Å². The Hall–Kier alpha value is -3.19. The maximum atomic E-state index is 11.2. The van der Waals surface area contributed by atoms with Gasteiger partial charge in [-0.15, -0.1) is 0 Å². The number of carboxylic acids is 1. The number of aromatic carboxylic acids is 1. The molecule has 0 saturated carbocycles. The van der Waals surface area contributed by atoms with E-state index in [1.54, 1.807) is 24.4 Å². The predicted octanol–water partition coefficient (Wildman–Crippen LogP) is 5.12. The van der Waals surface area contributed by atoms with Gasteiger partial charge in [-0.3, -0.25) is 4.98 Å². The lowest BCUT2D eigenvalue weighted by molar-refractivity contribution is 0.0697. The van der Waals surface area contributed by atoms with Crippen LogP contribution in [-0.2, 0) is 0 Å². The van der Waals surface area contributed by atoms with E-state index in [2.05, 4.69) is 22.1 Å². The number of carboxylic acid groups (broad SMARTS) is 1. The van der Waals surface area contributed by atoms with Crippen molar-refractivity contribution in [2.45, 2.75) is 38.8 Å². The van der Waals surface area contributed by atoms with Gasteiger partial charge in [0.25, 0.3) is 0 Å². The van der Waals surface area contributed by atoms with Crippen molar-refractivity contribution in [2.24, 2.45) is 0 Å². The molecule has 2 atom stereocenters. The van der Waals surface area contributed by atoms with Crippen LogP contribution in [0.1, 0.15) is 59.2 Å². The second-order valence-electron chi connectivity index (χ2n) is 7.71. The van der Waals surface area contributed by atoms with Crippen LogP contribution in [-0.4, -0.2) is 32.6 Å². The molecule has 0 radical (unpaired) electrons. The molecule has 0 amide bonds. The fraction of sp³-hybridized carbons (Fsp3) is 0.292. The molecule has 3 heterocycles. The zero-order chi connectivity index (χ0) is 22.0. The maximum absolute atomic E-state index is 11.2. The minimum atomic E-state index is -0.940. The molecule has 6 nitrogen and oxygen atoms in total. The number of unbranched alkanes of at least 4 members (excludes halogenated alkanes) is 1. The summed E-state index contributed by atoms with van der Waals surface area (Å²) in [4.78, 5) is 18.0. The number of aromatic nitrogens is 1. The van der Waals surface area contributed by atoms with Gasteiger partial charge >= 0.3 is 5.97 Å². The zero-order valence-corrected chi connectivity index (χ0v) is 18.4. The molecule has 1 aliphatic heterocycles. The Kier molecular flexibility index (Phi) is 6.04. The van der Waals surface area contributed by atoms with Crippen molar-refractivity contribution in [2.75, 3.05) is 6.54 Å². The van der Waals surface area contributed by atoms with Crippen molar-refractivity contribution in [1.82, 2.24) is 15.2 Å². The number of carbonyl (C=O) groups is 1. The van der Waals surface area contributed by atoms with E-state index in [1.165, 1.54) is 0 Å². The number of rotatable bonds is 7. The third kappa shape index (κ3) is 4.18. The summed E-state index contributed by atoms with van der Waals surface area (Å²) in [6, 6.07) is 14.6. The van der Waals surface area contributed by atoms with Crippen molar-refractivity contribution >= 4 is 23.3 Å². The Morgan fingerprint density at radius 1 is 1.26 bits per heavy atom. The third-order valence-electron chi connectivity index (χ3n) is 5.61. The summed E-state index contributed by atoms with van der Waals surface area (Å²) < 4.78 is 6.33. The smallest absolute Gasteiger partial charge is 0.335 e. The Balaban J connectivity index is 1.71. The first-order valence-electron chi connectivity index (χ1n) is 10.4. The molecule has 1 saturated heterocycles. The van der Waals surface area contributed by atoms with E-state index < -0.39 is 5.97 Å². The predicted molar refractivity (Wildman–Crippen MR) is 123 cm³/mol. The lowest BCUT2D eigenvalue weighted by Crippen LogP contribution is -2.30. The van der Waals surface area contributed by atoms with E-state index in [0.717, 1.165) is 42.0 Å². The Morgan fingerprint density at radius 3 is 2.77 bits per heavy atom. The summed E-state index contributed by atoms with van der Waals surface area (Å²) in [7, 11) is 0. The van der Waals surface area contributed by atoms with Crippen LogP contribution in [0, 0.1) is 6.92 Å². The van der Waals surface area contributed by atoms with Gasteiger partial charge in [-0.25, -0.2) is 4.79 Å². The summed E-state index contributed by atoms with van der Waals surface area (Å²) >= 11 is 5.66. The van der Waals surface area contributed by atoms with Crippen LogP contribution >= 0.6 is 12.2 Å². The molecule has 2 N–H and O–H groups in total. The summed E-state index contributed by atoms with van der Waals surface area (Å²) in [5.41, 5.74) is 2.90. The molecule has 0 unspecified atom stereocenters. The summed E-state index contributed by atoms with van der Waals surface area (Å²) in [5, 5.41) is 13.4. The fourth-order valence-corrected chi connectivity index (χ4v) is 4.35. The molecule has 0 aliphatic carbocycles. The molecule has 160 valence electrons. The van der Waals surface area contributed by atoms with Gasteiger partial charge in [-0.05, 0) is 67.5 Å². The van der Waals surface area contributed by atoms with Gasteiger partial charge in [-0.1, -0.05) is 25.5 Å². The molecule has 7 heteroatoms. The summed E-state index contributed by atoms with van der Waals surface area (Å²) in [5.74, 6) is 0.568. The topological polar surface area (TPSA) is 78.6 Å². The molecule has 1 fully saturated rings. The molecule has 4 rings (SSSR count). The van der Waals surface area contributed by atoms with Crippen LogP contribution in [0.25, 0.3) is 11.3 Å². The fourth-order valence-electron chi connectivity index (χ4n) is 4.01. The largest absolute Gasteiger partial charge is 0.478 e. The quantitative estimate of drug-likeness (QED) is 0.499. The van der Waals surface area contributed by atoms with E-state index in [4.69, 9.17) is 16.6 Å². The number of pyridine rings is 1. The van der Waals surface area contributed by atoms with Crippen molar-refractivity contribution in [3.8, 4) is 11.3 Å². The summed E-state index contributed by atoms with van der Waals surface area (Å²) in [6.45, 7) is 4.88. The molecule has 1 aromatic carbocycles. The number of furan rings is 1. The number of benzene rings is 1. The highest BCUT2D eigenvalue weighted by Crippen LogP contribution is 2.40. The molecule has 31 heavy (non-hydrogen) atoms. The Bertz CT molecular complexity index is 1100. The molecule has 0 spiro atoms. The molecular formula is C24H25N3O3S. The molecule has 0 bridgehead atoms. The first-order chi connectivity index (χ1) is 15.0. The normalized spacial score (nSPS) is 18.3. The highest BCUT2D eigenvalue weighted by atomic mass is 32.1. The first kappa shape index (κ1) is 21.1. The van der Waals surface area contributed by atoms with E-state index in [1.807, 2.05) is 37.3 Å². The van der Waals surface area contributed by atoms with Crippen molar-refractivity contribution in [3.05, 3.63) is 77.3 Å². The average Bonchev–Trinajstić information content (AvgIpc) is 3.37. The van der Waals surface area contributed by atoms with E-state index in [-0.39, 0.29) is 17.6 Å². The van der Waals surface area contributed by atoms with Crippen LogP contribution in [0.15, 0.2) is 59.1 Å². The lowest BCUT2D eigenvalue weighted by Gasteiger charge is -2.25. The molecular weight excluding hydrogens is 410 g/mol. The number of hydrogen-bond donors (Lipinski definition) is 2. The minimum Gasteiger partial charge on any atom is -0.478 e. The second-order valence-corrected chi connectivity index (χ2v) is 8.10. The van der Waals surface area contributed by atoms with Crippen LogP contribution in [0.5, 0.6) is 0 Å². The first-order valence-corrected chi connectivity index (χ1v) is 10.8. The van der Waals surface area contributed by atoms with Gasteiger partial charge < -0.3 is 19.7 Å². The number of nitrogens with zero attached hydrogens (tertiary/aromatic N) is 2. The van der Waals surface area contributed by atoms with Crippen LogP contribution in [0.2, 0.25) is 0 Å². The molecule has 3 aromatic rings. The number of hydrogen-bond acceptors (Lipinski definition) is 4. The second kappa shape index (κ2) is 8.89. The van der Waals surface area contributed by atoms with Gasteiger partial charge in [0, 0.05) is 18.3 Å². The highest BCUT2D eigenvalue weighted by Gasteiger charge is 2.41. The molecule has 1 aliphatic rings. The van der Waals surface area contributed by atoms with Crippen LogP contribution in [0.3, 0.4) is 0 Å². The van der Waals surface area contributed by atoms with Gasteiger partial charge in [0.2, 0.25) is 0 Å². The Labute approximate surface area is 186 Å². The standard InChI is InChI=1S/C24H25N3O3S/c1-3-4-13-27-22(21(26-24(27)31)18-7-5-6-12-25-18)20-11-10-19(30-20)17-9-8-16(23(28)29)14-15(17)2/h5-12,14,21-22H,3-4,13H2,1-2H3,(H,26,31)(H,28,29)/t21-,22-/m0/s1. The van der Waals surface area contributed by atoms with Gasteiger partial charge in [0.1, 0.15) is 17.6 Å². The Morgan fingerprint density at radius 2 is 2.10 bits per heavy atom. The van der Waals surface area contributed by atoms with Gasteiger partial charge in [0.05, 0.1) is 17.3 Å². The van der Waals surface area contributed by atoms with Crippen LogP contribution in [0.4, 0.5) is 0 Å². The van der Waals surface area contributed by atoms with Gasteiger partial charge in [-0.2, -0.15) is 0 Å². The monoisotopic (exact) mass is 435 g/mol. The lowest BCUT2D eigenvalue weighted by atomic mass is 10.0. The minimum absolute atomic E-state index is 0.110. The average molecular weight is 436 g/mol.